The first-order valence-corrected chi connectivity index (χ1v) is 2.25. The van der Waals surface area contributed by atoms with E-state index in [2.05, 4.69) is 21.0 Å². The first kappa shape index (κ1) is 4.96. The molecule has 0 unspecified atom stereocenters. The quantitative estimate of drug-likeness (QED) is 0.493. The van der Waals surface area contributed by atoms with E-state index >= 15 is 0 Å². The molecule has 0 saturated heterocycles. The zero-order valence-corrected chi connectivity index (χ0v) is 4.50. The van der Waals surface area contributed by atoms with E-state index in [1.54, 1.807) is 12.3 Å². The lowest BCUT2D eigenvalue weighted by Crippen LogP contribution is -1.94. The van der Waals surface area contributed by atoms with Gasteiger partial charge in [0.15, 0.2) is 0 Å². The number of rotatable bonds is 0. The monoisotopic (exact) mass is 110 g/mol. The molecule has 0 saturated carbocycles. The third-order valence-corrected chi connectivity index (χ3v) is 0.711. The van der Waals surface area contributed by atoms with E-state index in [1.165, 1.54) is 0 Å². The van der Waals surface area contributed by atoms with Gasteiger partial charge in [-0.05, 0) is 13.0 Å². The van der Waals surface area contributed by atoms with Crippen LogP contribution >= 0.6 is 0 Å². The molecule has 0 atom stereocenters. The molecule has 0 aromatic carbocycles. The van der Waals surface area contributed by atoms with Crippen molar-refractivity contribution < 1.29 is 0 Å². The largest absolute Gasteiger partial charge is 0.179 e. The summed E-state index contributed by atoms with van der Waals surface area (Å²) in [5, 5.41) is 10.7. The van der Waals surface area contributed by atoms with Crippen molar-refractivity contribution in [3.63, 3.8) is 0 Å². The van der Waals surface area contributed by atoms with Crippen LogP contribution in [0, 0.1) is 0 Å². The number of allylic oxidation sites excluding steroid dienone is 1. The minimum absolute atomic E-state index is 0.870. The van der Waals surface area contributed by atoms with Crippen molar-refractivity contribution in [2.45, 2.75) is 6.92 Å². The van der Waals surface area contributed by atoms with E-state index in [9.17, 15) is 0 Å². The second-order valence-electron chi connectivity index (χ2n) is 1.38. The molecular formula is C4H6N4. The highest BCUT2D eigenvalue weighted by Gasteiger charge is 1.82. The molecule has 0 bridgehead atoms. The molecule has 0 fully saturated rings. The van der Waals surface area contributed by atoms with Crippen LogP contribution in [0.4, 0.5) is 0 Å². The van der Waals surface area contributed by atoms with Gasteiger partial charge in [0.05, 0.1) is 11.9 Å². The van der Waals surface area contributed by atoms with Gasteiger partial charge in [-0.1, -0.05) is 5.22 Å². The average Bonchev–Trinajstić information content (AvgIpc) is 1.94. The van der Waals surface area contributed by atoms with Crippen LogP contribution in [0.1, 0.15) is 6.92 Å². The van der Waals surface area contributed by atoms with Gasteiger partial charge in [-0.15, -0.1) is 5.11 Å². The smallest absolute Gasteiger partial charge is 0.0609 e. The van der Waals surface area contributed by atoms with Crippen LogP contribution in [0.2, 0.25) is 0 Å². The molecule has 0 aliphatic carbocycles. The zero-order valence-electron chi connectivity index (χ0n) is 4.50. The molecule has 1 aliphatic rings. The van der Waals surface area contributed by atoms with Gasteiger partial charge in [-0.3, -0.25) is 0 Å². The van der Waals surface area contributed by atoms with E-state index in [-0.39, 0.29) is 0 Å². The summed E-state index contributed by atoms with van der Waals surface area (Å²) in [6.07, 6.45) is 3.35. The predicted octanol–water partition coefficient (Wildman–Crippen LogP) is 0.846. The standard InChI is InChI=1S/C4H6N4/c1-4-2-3-5-7-8-6-4/h2-3H,1H3,(H,5,8). The Labute approximate surface area is 47.0 Å². The SMILES string of the molecule is CC1=NNN=NC=C1. The molecule has 4 heteroatoms. The van der Waals surface area contributed by atoms with Gasteiger partial charge >= 0.3 is 0 Å². The van der Waals surface area contributed by atoms with Gasteiger partial charge in [-0.25, -0.2) is 0 Å². The number of hydrazone groups is 1. The topological polar surface area (TPSA) is 49.1 Å². The first-order valence-electron chi connectivity index (χ1n) is 2.25. The third-order valence-electron chi connectivity index (χ3n) is 0.711. The molecule has 0 spiro atoms. The normalized spacial score (nSPS) is 16.9. The summed E-state index contributed by atoms with van der Waals surface area (Å²) < 4.78 is 0. The summed E-state index contributed by atoms with van der Waals surface area (Å²) in [4.78, 5) is 0. The van der Waals surface area contributed by atoms with Gasteiger partial charge in [0, 0.05) is 0 Å². The average molecular weight is 110 g/mol. The first-order chi connectivity index (χ1) is 3.89. The van der Waals surface area contributed by atoms with Crippen LogP contribution in [0.5, 0.6) is 0 Å². The van der Waals surface area contributed by atoms with Crippen LogP contribution in [0.25, 0.3) is 0 Å². The predicted molar refractivity (Wildman–Crippen MR) is 30.2 cm³/mol. The Hall–Kier alpha value is -1.19. The highest BCUT2D eigenvalue weighted by molar-refractivity contribution is 5.92. The summed E-state index contributed by atoms with van der Waals surface area (Å²) in [6.45, 7) is 1.86. The Balaban J connectivity index is 2.69. The number of nitrogens with one attached hydrogen (secondary N) is 1. The van der Waals surface area contributed by atoms with Gasteiger partial charge in [0.2, 0.25) is 0 Å². The van der Waals surface area contributed by atoms with Crippen LogP contribution in [0.3, 0.4) is 0 Å². The molecule has 1 rings (SSSR count). The van der Waals surface area contributed by atoms with Crippen molar-refractivity contribution in [3.8, 4) is 0 Å². The Bertz CT molecular complexity index is 153. The van der Waals surface area contributed by atoms with Crippen molar-refractivity contribution in [2.24, 2.45) is 15.4 Å². The summed E-state index contributed by atoms with van der Waals surface area (Å²) in [5.41, 5.74) is 3.25. The molecule has 1 aliphatic heterocycles. The maximum atomic E-state index is 3.74. The summed E-state index contributed by atoms with van der Waals surface area (Å²) in [7, 11) is 0. The second-order valence-corrected chi connectivity index (χ2v) is 1.38. The lowest BCUT2D eigenvalue weighted by Gasteiger charge is -1.83. The Morgan fingerprint density at radius 2 is 2.50 bits per heavy atom. The fraction of sp³-hybridized carbons (Fsp3) is 0.250. The molecule has 4 nitrogen and oxygen atoms in total. The van der Waals surface area contributed by atoms with Gasteiger partial charge in [0.1, 0.15) is 0 Å². The molecule has 1 N–H and O–H groups in total. The van der Waals surface area contributed by atoms with E-state index in [0.717, 1.165) is 5.71 Å². The summed E-state index contributed by atoms with van der Waals surface area (Å²) >= 11 is 0. The molecule has 8 heavy (non-hydrogen) atoms. The van der Waals surface area contributed by atoms with Crippen molar-refractivity contribution in [3.05, 3.63) is 12.3 Å². The molecule has 0 radical (unpaired) electrons. The number of hydrogen-bond donors (Lipinski definition) is 1. The Morgan fingerprint density at radius 1 is 1.62 bits per heavy atom. The van der Waals surface area contributed by atoms with Crippen molar-refractivity contribution >= 4 is 5.71 Å². The molecule has 0 aromatic rings. The van der Waals surface area contributed by atoms with E-state index in [4.69, 9.17) is 0 Å². The van der Waals surface area contributed by atoms with Crippen LogP contribution < -0.4 is 5.53 Å². The minimum atomic E-state index is 0.870. The van der Waals surface area contributed by atoms with Gasteiger partial charge < -0.3 is 0 Å². The molecular weight excluding hydrogens is 104 g/mol. The summed E-state index contributed by atoms with van der Waals surface area (Å²) in [5.74, 6) is 0. The van der Waals surface area contributed by atoms with E-state index < -0.39 is 0 Å². The van der Waals surface area contributed by atoms with Crippen LogP contribution in [0.15, 0.2) is 27.7 Å². The highest BCUT2D eigenvalue weighted by Crippen LogP contribution is 1.85. The molecule has 42 valence electrons. The number of hydrogen-bond acceptors (Lipinski definition) is 4. The minimum Gasteiger partial charge on any atom is -0.179 e. The van der Waals surface area contributed by atoms with Gasteiger partial charge in [0.25, 0.3) is 0 Å². The van der Waals surface area contributed by atoms with Crippen LogP contribution in [-0.2, 0) is 0 Å². The lowest BCUT2D eigenvalue weighted by molar-refractivity contribution is 0.753. The fourth-order valence-electron chi connectivity index (χ4n) is 0.339. The van der Waals surface area contributed by atoms with E-state index in [1.807, 2.05) is 6.92 Å². The Morgan fingerprint density at radius 3 is 3.38 bits per heavy atom. The van der Waals surface area contributed by atoms with E-state index in [0.29, 0.717) is 0 Å². The van der Waals surface area contributed by atoms with Crippen molar-refractivity contribution in [1.82, 2.24) is 5.53 Å². The second kappa shape index (κ2) is 2.20. The maximum absolute atomic E-state index is 3.74. The molecule has 0 amide bonds. The van der Waals surface area contributed by atoms with Crippen LogP contribution in [-0.4, -0.2) is 5.71 Å². The Kier molecular flexibility index (Phi) is 1.37. The van der Waals surface area contributed by atoms with Crippen molar-refractivity contribution in [1.29, 1.82) is 0 Å². The van der Waals surface area contributed by atoms with Crippen molar-refractivity contribution in [2.75, 3.05) is 0 Å². The zero-order chi connectivity index (χ0) is 5.82. The molecule has 1 heterocycles. The van der Waals surface area contributed by atoms with Gasteiger partial charge in [-0.2, -0.15) is 10.6 Å². The molecule has 0 aromatic heterocycles. The number of nitrogens with zero attached hydrogens (tertiary/aromatic N) is 3. The summed E-state index contributed by atoms with van der Waals surface area (Å²) in [6, 6.07) is 0. The fourth-order valence-corrected chi connectivity index (χ4v) is 0.339. The lowest BCUT2D eigenvalue weighted by atomic mass is 10.4. The maximum Gasteiger partial charge on any atom is 0.0609 e. The highest BCUT2D eigenvalue weighted by atomic mass is 15.6. The third kappa shape index (κ3) is 1.14.